The predicted octanol–water partition coefficient (Wildman–Crippen LogP) is 0.831. The molecule has 0 spiro atoms. The van der Waals surface area contributed by atoms with Crippen molar-refractivity contribution in [1.82, 2.24) is 4.90 Å². The van der Waals surface area contributed by atoms with E-state index in [1.165, 1.54) is 12.1 Å². The van der Waals surface area contributed by atoms with Crippen molar-refractivity contribution in [2.24, 2.45) is 5.73 Å². The molecule has 1 amide bonds. The van der Waals surface area contributed by atoms with Crippen LogP contribution in [0.25, 0.3) is 0 Å². The summed E-state index contributed by atoms with van der Waals surface area (Å²) in [6.45, 7) is 2.18. The fraction of sp³-hybridized carbons (Fsp3) is 0.333. The third-order valence-corrected chi connectivity index (χ3v) is 2.53. The molecule has 0 unspecified atom stereocenters. The second kappa shape index (κ2) is 6.11. The minimum Gasteiger partial charge on any atom is -0.480 e. The van der Waals surface area contributed by atoms with Crippen LogP contribution in [0.2, 0.25) is 0 Å². The molecule has 6 heteroatoms. The van der Waals surface area contributed by atoms with Crippen molar-refractivity contribution in [3.8, 4) is 0 Å². The third-order valence-electron chi connectivity index (χ3n) is 2.53. The number of benzene rings is 1. The molecule has 0 aromatic heterocycles. The third kappa shape index (κ3) is 3.81. The van der Waals surface area contributed by atoms with Gasteiger partial charge in [-0.2, -0.15) is 0 Å². The summed E-state index contributed by atoms with van der Waals surface area (Å²) in [4.78, 5) is 23.1. The predicted molar refractivity (Wildman–Crippen MR) is 63.5 cm³/mol. The van der Waals surface area contributed by atoms with Gasteiger partial charge in [-0.25, -0.2) is 4.39 Å². The zero-order valence-corrected chi connectivity index (χ0v) is 10.0. The maximum absolute atomic E-state index is 13.5. The number of rotatable bonds is 6. The highest BCUT2D eigenvalue weighted by atomic mass is 19.1. The van der Waals surface area contributed by atoms with Gasteiger partial charge in [0.15, 0.2) is 0 Å². The summed E-state index contributed by atoms with van der Waals surface area (Å²) in [5.74, 6) is -2.11. The molecule has 0 aliphatic rings. The number of nitrogens with zero attached hydrogens (tertiary/aromatic N) is 1. The second-order valence-corrected chi connectivity index (χ2v) is 3.87. The number of carbonyl (C=O) groups is 2. The lowest BCUT2D eigenvalue weighted by Crippen LogP contribution is -2.29. The fourth-order valence-electron chi connectivity index (χ4n) is 1.56. The van der Waals surface area contributed by atoms with E-state index < -0.39 is 17.7 Å². The first-order valence-electron chi connectivity index (χ1n) is 5.46. The molecule has 0 saturated carbocycles. The molecular weight excluding hydrogens is 239 g/mol. The Hall–Kier alpha value is -1.95. The lowest BCUT2D eigenvalue weighted by Gasteiger charge is -2.18. The molecule has 3 N–H and O–H groups in total. The van der Waals surface area contributed by atoms with Crippen LogP contribution in [0.5, 0.6) is 0 Å². The highest BCUT2D eigenvalue weighted by Crippen LogP contribution is 2.13. The van der Waals surface area contributed by atoms with Crippen molar-refractivity contribution < 1.29 is 19.1 Å². The maximum Gasteiger partial charge on any atom is 0.317 e. The quantitative estimate of drug-likeness (QED) is 0.787. The van der Waals surface area contributed by atoms with E-state index in [0.717, 1.165) is 6.07 Å². The summed E-state index contributed by atoms with van der Waals surface area (Å²) in [5.41, 5.74) is 5.57. The summed E-state index contributed by atoms with van der Waals surface area (Å²) >= 11 is 0. The fourth-order valence-corrected chi connectivity index (χ4v) is 1.56. The Morgan fingerprint density at radius 2 is 2.11 bits per heavy atom. The molecule has 1 aromatic carbocycles. The van der Waals surface area contributed by atoms with Crippen LogP contribution >= 0.6 is 0 Å². The normalized spacial score (nSPS) is 10.6. The SMILES string of the molecule is CCN(CC(=O)O)Cc1cc(C(N)=O)ccc1F. The van der Waals surface area contributed by atoms with Gasteiger partial charge in [-0.3, -0.25) is 14.5 Å². The summed E-state index contributed by atoms with van der Waals surface area (Å²) in [6.07, 6.45) is 0. The molecule has 1 aromatic rings. The van der Waals surface area contributed by atoms with Gasteiger partial charge < -0.3 is 10.8 Å². The lowest BCUT2D eigenvalue weighted by molar-refractivity contribution is -0.138. The number of halogens is 1. The van der Waals surface area contributed by atoms with Crippen molar-refractivity contribution in [2.45, 2.75) is 13.5 Å². The Balaban J connectivity index is 2.90. The Bertz CT molecular complexity index is 463. The Labute approximate surface area is 104 Å². The van der Waals surface area contributed by atoms with Gasteiger partial charge in [0.05, 0.1) is 6.54 Å². The first-order valence-corrected chi connectivity index (χ1v) is 5.46. The zero-order valence-electron chi connectivity index (χ0n) is 10.0. The van der Waals surface area contributed by atoms with Gasteiger partial charge in [0.1, 0.15) is 5.82 Å². The van der Waals surface area contributed by atoms with Gasteiger partial charge in [-0.05, 0) is 24.7 Å². The molecule has 0 aliphatic carbocycles. The number of carboxylic acid groups (broad SMARTS) is 1. The van der Waals surface area contributed by atoms with Crippen molar-refractivity contribution in [3.05, 3.63) is 35.1 Å². The highest BCUT2D eigenvalue weighted by molar-refractivity contribution is 5.92. The van der Waals surface area contributed by atoms with Crippen LogP contribution in [0.4, 0.5) is 4.39 Å². The van der Waals surface area contributed by atoms with Crippen molar-refractivity contribution in [3.63, 3.8) is 0 Å². The van der Waals surface area contributed by atoms with E-state index in [-0.39, 0.29) is 24.2 Å². The van der Waals surface area contributed by atoms with Gasteiger partial charge in [0.25, 0.3) is 0 Å². The van der Waals surface area contributed by atoms with E-state index in [4.69, 9.17) is 10.8 Å². The smallest absolute Gasteiger partial charge is 0.317 e. The molecule has 0 bridgehead atoms. The van der Waals surface area contributed by atoms with Gasteiger partial charge >= 0.3 is 5.97 Å². The van der Waals surface area contributed by atoms with Gasteiger partial charge in [0, 0.05) is 17.7 Å². The Morgan fingerprint density at radius 1 is 1.44 bits per heavy atom. The van der Waals surface area contributed by atoms with Crippen molar-refractivity contribution >= 4 is 11.9 Å². The molecule has 0 aliphatic heterocycles. The minimum atomic E-state index is -0.983. The zero-order chi connectivity index (χ0) is 13.7. The molecule has 0 fully saturated rings. The van der Waals surface area contributed by atoms with Crippen LogP contribution < -0.4 is 5.73 Å². The number of likely N-dealkylation sites (N-methyl/N-ethyl adjacent to an activating group) is 1. The van der Waals surface area contributed by atoms with Crippen LogP contribution in [0, 0.1) is 5.82 Å². The number of hydrogen-bond donors (Lipinski definition) is 2. The number of hydrogen-bond acceptors (Lipinski definition) is 3. The Morgan fingerprint density at radius 3 is 2.61 bits per heavy atom. The maximum atomic E-state index is 13.5. The summed E-state index contributed by atoms with van der Waals surface area (Å²) in [5, 5.41) is 8.70. The van der Waals surface area contributed by atoms with E-state index in [0.29, 0.717) is 6.54 Å². The molecule has 0 atom stereocenters. The number of carbonyl (C=O) groups excluding carboxylic acids is 1. The average molecular weight is 254 g/mol. The van der Waals surface area contributed by atoms with Crippen molar-refractivity contribution in [1.29, 1.82) is 0 Å². The summed E-state index contributed by atoms with van der Waals surface area (Å²) in [7, 11) is 0. The molecule has 5 nitrogen and oxygen atoms in total. The number of amides is 1. The molecule has 0 radical (unpaired) electrons. The largest absolute Gasteiger partial charge is 0.480 e. The molecular formula is C12H15FN2O3. The van der Waals surface area contributed by atoms with Gasteiger partial charge in [0.2, 0.25) is 5.91 Å². The van der Waals surface area contributed by atoms with E-state index in [9.17, 15) is 14.0 Å². The first-order chi connectivity index (χ1) is 8.43. The number of carboxylic acids is 1. The summed E-state index contributed by atoms with van der Waals surface area (Å²) < 4.78 is 13.5. The topological polar surface area (TPSA) is 83.6 Å². The highest BCUT2D eigenvalue weighted by Gasteiger charge is 2.12. The molecule has 98 valence electrons. The summed E-state index contributed by atoms with van der Waals surface area (Å²) in [6, 6.07) is 3.81. The number of primary amides is 1. The van der Waals surface area contributed by atoms with Crippen LogP contribution in [-0.2, 0) is 11.3 Å². The standard InChI is InChI=1S/C12H15FN2O3/c1-2-15(7-11(16)17)6-9-5-8(12(14)18)3-4-10(9)13/h3-5H,2,6-7H2,1H3,(H2,14,18)(H,16,17). The van der Waals surface area contributed by atoms with E-state index in [2.05, 4.69) is 0 Å². The molecule has 1 rings (SSSR count). The number of aliphatic carboxylic acids is 1. The van der Waals surface area contributed by atoms with E-state index in [1.807, 2.05) is 0 Å². The van der Waals surface area contributed by atoms with Gasteiger partial charge in [-0.1, -0.05) is 6.92 Å². The number of nitrogens with two attached hydrogens (primary N) is 1. The molecule has 0 saturated heterocycles. The average Bonchev–Trinajstić information content (AvgIpc) is 2.29. The lowest BCUT2D eigenvalue weighted by atomic mass is 10.1. The van der Waals surface area contributed by atoms with Crippen molar-refractivity contribution in [2.75, 3.05) is 13.1 Å². The first kappa shape index (κ1) is 14.1. The van der Waals surface area contributed by atoms with E-state index in [1.54, 1.807) is 11.8 Å². The van der Waals surface area contributed by atoms with Gasteiger partial charge in [-0.15, -0.1) is 0 Å². The molecule has 18 heavy (non-hydrogen) atoms. The Kier molecular flexibility index (Phi) is 4.79. The molecule has 0 heterocycles. The van der Waals surface area contributed by atoms with Crippen LogP contribution in [0.3, 0.4) is 0 Å². The van der Waals surface area contributed by atoms with Crippen LogP contribution in [0.1, 0.15) is 22.8 Å². The second-order valence-electron chi connectivity index (χ2n) is 3.87. The van der Waals surface area contributed by atoms with E-state index >= 15 is 0 Å². The monoisotopic (exact) mass is 254 g/mol. The van der Waals surface area contributed by atoms with Crippen LogP contribution in [-0.4, -0.2) is 35.0 Å². The van der Waals surface area contributed by atoms with Crippen LogP contribution in [0.15, 0.2) is 18.2 Å². The minimum absolute atomic E-state index is 0.121.